The van der Waals surface area contributed by atoms with Gasteiger partial charge in [-0.3, -0.25) is 9.59 Å². The van der Waals surface area contributed by atoms with Gasteiger partial charge in [0, 0.05) is 47.9 Å². The predicted molar refractivity (Wildman–Crippen MR) is 166 cm³/mol. The third kappa shape index (κ3) is 9.37. The first-order valence-electron chi connectivity index (χ1n) is 14.2. The molecule has 0 aliphatic rings. The first-order valence-corrected chi connectivity index (χ1v) is 15.1. The van der Waals surface area contributed by atoms with Crippen LogP contribution in [0.2, 0.25) is 0 Å². The summed E-state index contributed by atoms with van der Waals surface area (Å²) in [6, 6.07) is 18.1. The van der Waals surface area contributed by atoms with Crippen LogP contribution in [0.15, 0.2) is 78.2 Å². The number of halogens is 3. The highest BCUT2D eigenvalue weighted by Gasteiger charge is 2.31. The Bertz CT molecular complexity index is 1600. The number of nitrogens with one attached hydrogen (secondary N) is 2. The van der Waals surface area contributed by atoms with Crippen LogP contribution < -0.4 is 15.4 Å². The average molecular weight is 641 g/mol. The first-order chi connectivity index (χ1) is 21.4. The van der Waals surface area contributed by atoms with E-state index in [-0.39, 0.29) is 42.3 Å². The Morgan fingerprint density at radius 1 is 1.04 bits per heavy atom. The van der Waals surface area contributed by atoms with Crippen molar-refractivity contribution in [3.8, 4) is 5.75 Å². The van der Waals surface area contributed by atoms with E-state index in [1.807, 2.05) is 42.6 Å². The molecule has 0 aliphatic carbocycles. The highest BCUT2D eigenvalue weighted by molar-refractivity contribution is 7.09. The standard InChI is InChI=1S/C33H35F3N4O4S/c1-21-20-45-30(38-21)19-40(2)32(43)24-11-7-10-23(15-24)31(42)39-27(14-22-8-5-4-6-9-22)28(41)18-37-17-25-16-26(33(34,35)36)12-13-29(25)44-3/h4-13,15-16,20,27-28,37,41H,14,17-19H2,1-3H3,(H,39,42)/t27-,28+/m0/s1. The Morgan fingerprint density at radius 2 is 1.78 bits per heavy atom. The highest BCUT2D eigenvalue weighted by Crippen LogP contribution is 2.32. The molecule has 238 valence electrons. The van der Waals surface area contributed by atoms with E-state index in [4.69, 9.17) is 4.74 Å². The van der Waals surface area contributed by atoms with Crippen LogP contribution in [0.3, 0.4) is 0 Å². The van der Waals surface area contributed by atoms with E-state index in [1.165, 1.54) is 35.5 Å². The molecular formula is C33H35F3N4O4S. The Kier molecular flexibility index (Phi) is 11.3. The van der Waals surface area contributed by atoms with Crippen LogP contribution in [0.1, 0.15) is 48.1 Å². The number of hydrogen-bond donors (Lipinski definition) is 3. The summed E-state index contributed by atoms with van der Waals surface area (Å²) in [4.78, 5) is 32.4. The van der Waals surface area contributed by atoms with E-state index in [0.717, 1.165) is 28.4 Å². The number of aliphatic hydroxyl groups excluding tert-OH is 1. The van der Waals surface area contributed by atoms with Crippen LogP contribution in [0.5, 0.6) is 5.75 Å². The number of alkyl halides is 3. The number of carbonyl (C=O) groups is 2. The lowest BCUT2D eigenvalue weighted by molar-refractivity contribution is -0.137. The van der Waals surface area contributed by atoms with Crippen molar-refractivity contribution < 1.29 is 32.6 Å². The fraction of sp³-hybridized carbons (Fsp3) is 0.303. The van der Waals surface area contributed by atoms with Gasteiger partial charge in [0.05, 0.1) is 31.4 Å². The van der Waals surface area contributed by atoms with Crippen molar-refractivity contribution in [1.29, 1.82) is 0 Å². The Morgan fingerprint density at radius 3 is 2.44 bits per heavy atom. The third-order valence-electron chi connectivity index (χ3n) is 7.11. The van der Waals surface area contributed by atoms with Crippen molar-refractivity contribution in [3.05, 3.63) is 117 Å². The average Bonchev–Trinajstić information content (AvgIpc) is 3.44. The van der Waals surface area contributed by atoms with E-state index >= 15 is 0 Å². The largest absolute Gasteiger partial charge is 0.496 e. The molecule has 8 nitrogen and oxygen atoms in total. The van der Waals surface area contributed by atoms with E-state index in [9.17, 15) is 27.9 Å². The fourth-order valence-electron chi connectivity index (χ4n) is 4.76. The molecule has 4 aromatic rings. The minimum Gasteiger partial charge on any atom is -0.496 e. The van der Waals surface area contributed by atoms with Crippen LogP contribution in [-0.4, -0.2) is 59.7 Å². The number of methoxy groups -OCH3 is 1. The molecule has 1 heterocycles. The number of aliphatic hydroxyl groups is 1. The Hall–Kier alpha value is -4.26. The Labute approximate surface area is 263 Å². The third-order valence-corrected chi connectivity index (χ3v) is 8.06. The number of rotatable bonds is 13. The summed E-state index contributed by atoms with van der Waals surface area (Å²) in [5, 5.41) is 19.7. The molecule has 0 unspecified atom stereocenters. The number of aryl methyl sites for hydroxylation is 1. The number of aromatic nitrogens is 1. The second-order valence-electron chi connectivity index (χ2n) is 10.6. The van der Waals surface area contributed by atoms with Crippen molar-refractivity contribution >= 4 is 23.2 Å². The molecule has 2 amide bonds. The summed E-state index contributed by atoms with van der Waals surface area (Å²) in [6.07, 6.45) is -5.33. The molecule has 0 saturated carbocycles. The van der Waals surface area contributed by atoms with Crippen LogP contribution in [-0.2, 0) is 25.7 Å². The smallest absolute Gasteiger partial charge is 0.416 e. The van der Waals surface area contributed by atoms with Crippen molar-refractivity contribution in [3.63, 3.8) is 0 Å². The summed E-state index contributed by atoms with van der Waals surface area (Å²) in [5.41, 5.74) is 1.79. The number of amides is 2. The normalized spacial score (nSPS) is 12.8. The SMILES string of the molecule is COc1ccc(C(F)(F)F)cc1CNC[C@@H](O)[C@H](Cc1ccccc1)NC(=O)c1cccc(C(=O)N(C)Cc2nc(C)cs2)c1. The van der Waals surface area contributed by atoms with Crippen molar-refractivity contribution in [1.82, 2.24) is 20.5 Å². The minimum absolute atomic E-state index is 0.00556. The molecule has 0 spiro atoms. The monoisotopic (exact) mass is 640 g/mol. The van der Waals surface area contributed by atoms with Gasteiger partial charge in [-0.05, 0) is 55.3 Å². The lowest BCUT2D eigenvalue weighted by Gasteiger charge is -2.25. The van der Waals surface area contributed by atoms with Gasteiger partial charge in [0.25, 0.3) is 11.8 Å². The molecule has 3 aromatic carbocycles. The van der Waals surface area contributed by atoms with Gasteiger partial charge in [-0.2, -0.15) is 13.2 Å². The molecule has 4 rings (SSSR count). The number of hydrogen-bond acceptors (Lipinski definition) is 7. The molecule has 3 N–H and O–H groups in total. The second kappa shape index (κ2) is 15.2. The summed E-state index contributed by atoms with van der Waals surface area (Å²) in [6.45, 7) is 2.18. The van der Waals surface area contributed by atoms with Crippen molar-refractivity contribution in [2.24, 2.45) is 0 Å². The number of benzene rings is 3. The zero-order valence-electron chi connectivity index (χ0n) is 25.1. The summed E-state index contributed by atoms with van der Waals surface area (Å²) >= 11 is 1.47. The predicted octanol–water partition coefficient (Wildman–Crippen LogP) is 5.24. The molecule has 0 fully saturated rings. The van der Waals surface area contributed by atoms with E-state index in [0.29, 0.717) is 12.1 Å². The lowest BCUT2D eigenvalue weighted by atomic mass is 10.00. The molecular weight excluding hydrogens is 605 g/mol. The van der Waals surface area contributed by atoms with Gasteiger partial charge in [0.2, 0.25) is 0 Å². The van der Waals surface area contributed by atoms with Gasteiger partial charge in [-0.25, -0.2) is 4.98 Å². The first kappa shape index (κ1) is 33.6. The number of thiazole rings is 1. The number of nitrogens with zero attached hydrogens (tertiary/aromatic N) is 2. The number of carbonyl (C=O) groups excluding carboxylic acids is 2. The van der Waals surface area contributed by atoms with Gasteiger partial charge < -0.3 is 25.4 Å². The molecule has 2 atom stereocenters. The molecule has 45 heavy (non-hydrogen) atoms. The summed E-state index contributed by atoms with van der Waals surface area (Å²) in [5.74, 6) is -0.476. The van der Waals surface area contributed by atoms with E-state index in [2.05, 4.69) is 15.6 Å². The van der Waals surface area contributed by atoms with Gasteiger partial charge in [0.15, 0.2) is 0 Å². The molecule has 12 heteroatoms. The second-order valence-corrected chi connectivity index (χ2v) is 11.6. The highest BCUT2D eigenvalue weighted by atomic mass is 32.1. The van der Waals surface area contributed by atoms with Gasteiger partial charge >= 0.3 is 6.18 Å². The minimum atomic E-state index is -4.51. The number of ether oxygens (including phenoxy) is 1. The van der Waals surface area contributed by atoms with Crippen LogP contribution in [0, 0.1) is 6.92 Å². The van der Waals surface area contributed by atoms with E-state index < -0.39 is 29.8 Å². The van der Waals surface area contributed by atoms with Gasteiger partial charge in [-0.15, -0.1) is 11.3 Å². The maximum Gasteiger partial charge on any atom is 0.416 e. The molecule has 0 saturated heterocycles. The molecule has 1 aromatic heterocycles. The van der Waals surface area contributed by atoms with E-state index in [1.54, 1.807) is 25.2 Å². The topological polar surface area (TPSA) is 104 Å². The van der Waals surface area contributed by atoms with Crippen molar-refractivity contribution in [2.45, 2.75) is 44.8 Å². The Balaban J connectivity index is 1.45. The van der Waals surface area contributed by atoms with Gasteiger partial charge in [-0.1, -0.05) is 36.4 Å². The van der Waals surface area contributed by atoms with Crippen LogP contribution in [0.4, 0.5) is 13.2 Å². The lowest BCUT2D eigenvalue weighted by Crippen LogP contribution is -2.48. The zero-order valence-corrected chi connectivity index (χ0v) is 25.9. The van der Waals surface area contributed by atoms with Crippen LogP contribution >= 0.6 is 11.3 Å². The molecule has 0 bridgehead atoms. The maximum absolute atomic E-state index is 13.4. The maximum atomic E-state index is 13.4. The van der Waals surface area contributed by atoms with Crippen molar-refractivity contribution in [2.75, 3.05) is 20.7 Å². The summed E-state index contributed by atoms with van der Waals surface area (Å²) < 4.78 is 45.0. The summed E-state index contributed by atoms with van der Waals surface area (Å²) in [7, 11) is 3.04. The quantitative estimate of drug-likeness (QED) is 0.185. The van der Waals surface area contributed by atoms with Gasteiger partial charge in [0.1, 0.15) is 10.8 Å². The molecule has 0 radical (unpaired) electrons. The molecule has 0 aliphatic heterocycles. The zero-order chi connectivity index (χ0) is 32.6. The fourth-order valence-corrected chi connectivity index (χ4v) is 5.58. The van der Waals surface area contributed by atoms with Crippen LogP contribution in [0.25, 0.3) is 0 Å².